The molecule has 0 aliphatic heterocycles. The summed E-state index contributed by atoms with van der Waals surface area (Å²) in [5, 5.41) is 1.06. The molecule has 2 rings (SSSR count). The lowest BCUT2D eigenvalue weighted by Gasteiger charge is -2.12. The molecule has 0 N–H and O–H groups in total. The van der Waals surface area contributed by atoms with Crippen LogP contribution < -0.4 is 5.56 Å². The number of aryl methyl sites for hydroxylation is 2. The van der Waals surface area contributed by atoms with Crippen LogP contribution in [0.4, 0.5) is 0 Å². The number of pyridine rings is 2. The van der Waals surface area contributed by atoms with Gasteiger partial charge < -0.3 is 0 Å². The third kappa shape index (κ3) is 2.46. The van der Waals surface area contributed by atoms with Crippen LogP contribution in [0.25, 0.3) is 11.0 Å². The molecule has 0 amide bonds. The van der Waals surface area contributed by atoms with E-state index in [0.29, 0.717) is 6.54 Å². The van der Waals surface area contributed by atoms with Crippen LogP contribution in [0.2, 0.25) is 0 Å². The minimum atomic E-state index is 0.00315. The SMILES string of the molecule is CCC=CCn1c(=O)ccc2c(C)c(C)c(C)nc21. The lowest BCUT2D eigenvalue weighted by Crippen LogP contribution is -2.20. The molecule has 0 bridgehead atoms. The van der Waals surface area contributed by atoms with Gasteiger partial charge in [0.25, 0.3) is 5.56 Å². The maximum atomic E-state index is 12.0. The zero-order valence-corrected chi connectivity index (χ0v) is 12.0. The first-order valence-corrected chi connectivity index (χ1v) is 6.68. The number of hydrogen-bond donors (Lipinski definition) is 0. The van der Waals surface area contributed by atoms with Gasteiger partial charge in [0, 0.05) is 23.7 Å². The van der Waals surface area contributed by atoms with Crippen molar-refractivity contribution in [3.63, 3.8) is 0 Å². The quantitative estimate of drug-likeness (QED) is 0.790. The average Bonchev–Trinajstić information content (AvgIpc) is 2.39. The van der Waals surface area contributed by atoms with Gasteiger partial charge in [0.15, 0.2) is 0 Å². The van der Waals surface area contributed by atoms with Crippen LogP contribution in [-0.2, 0) is 6.54 Å². The van der Waals surface area contributed by atoms with Gasteiger partial charge in [-0.05, 0) is 44.4 Å². The summed E-state index contributed by atoms with van der Waals surface area (Å²) in [6, 6.07) is 3.51. The zero-order chi connectivity index (χ0) is 14.0. The number of nitrogens with zero attached hydrogens (tertiary/aromatic N) is 2. The van der Waals surface area contributed by atoms with E-state index in [4.69, 9.17) is 0 Å². The zero-order valence-electron chi connectivity index (χ0n) is 12.0. The van der Waals surface area contributed by atoms with Crippen LogP contribution in [0.1, 0.15) is 30.2 Å². The Morgan fingerprint density at radius 2 is 1.89 bits per heavy atom. The molecule has 2 aromatic heterocycles. The van der Waals surface area contributed by atoms with E-state index in [1.54, 1.807) is 10.6 Å². The Morgan fingerprint density at radius 3 is 2.58 bits per heavy atom. The molecule has 0 fully saturated rings. The van der Waals surface area contributed by atoms with Gasteiger partial charge in [-0.3, -0.25) is 9.36 Å². The molecule has 2 aromatic rings. The van der Waals surface area contributed by atoms with E-state index in [1.807, 2.05) is 19.1 Å². The highest BCUT2D eigenvalue weighted by atomic mass is 16.1. The molecule has 0 aliphatic rings. The summed E-state index contributed by atoms with van der Waals surface area (Å²) in [6.07, 6.45) is 5.07. The van der Waals surface area contributed by atoms with E-state index in [2.05, 4.69) is 31.8 Å². The molecule has 0 unspecified atom stereocenters. The molecule has 0 radical (unpaired) electrons. The van der Waals surface area contributed by atoms with Gasteiger partial charge in [0.05, 0.1) is 0 Å². The van der Waals surface area contributed by atoms with Crippen molar-refractivity contribution >= 4 is 11.0 Å². The summed E-state index contributed by atoms with van der Waals surface area (Å²) in [4.78, 5) is 16.6. The minimum absolute atomic E-state index is 0.00315. The van der Waals surface area contributed by atoms with Gasteiger partial charge >= 0.3 is 0 Å². The fourth-order valence-corrected chi connectivity index (χ4v) is 2.22. The summed E-state index contributed by atoms with van der Waals surface area (Å²) in [5.41, 5.74) is 4.18. The molecule has 0 aromatic carbocycles. The Labute approximate surface area is 113 Å². The number of fused-ring (bicyclic) bond motifs is 1. The molecule has 3 heteroatoms. The normalized spacial score (nSPS) is 11.6. The largest absolute Gasteiger partial charge is 0.289 e. The highest BCUT2D eigenvalue weighted by Gasteiger charge is 2.09. The van der Waals surface area contributed by atoms with E-state index in [0.717, 1.165) is 23.1 Å². The lowest BCUT2D eigenvalue weighted by molar-refractivity contribution is 0.798. The first-order chi connectivity index (χ1) is 9.06. The Morgan fingerprint density at radius 1 is 1.16 bits per heavy atom. The highest BCUT2D eigenvalue weighted by Crippen LogP contribution is 2.20. The summed E-state index contributed by atoms with van der Waals surface area (Å²) in [7, 11) is 0. The van der Waals surface area contributed by atoms with Gasteiger partial charge in [-0.25, -0.2) is 4.98 Å². The Bertz CT molecular complexity index is 696. The number of rotatable bonds is 3. The van der Waals surface area contributed by atoms with Gasteiger partial charge in [0.1, 0.15) is 5.65 Å². The molecule has 0 saturated heterocycles. The molecule has 0 spiro atoms. The van der Waals surface area contributed by atoms with E-state index in [1.165, 1.54) is 11.1 Å². The third-order valence-electron chi connectivity index (χ3n) is 3.63. The Balaban J connectivity index is 2.72. The second kappa shape index (κ2) is 5.39. The maximum Gasteiger partial charge on any atom is 0.252 e. The van der Waals surface area contributed by atoms with Crippen LogP contribution in [0.5, 0.6) is 0 Å². The molecular formula is C16H20N2O. The summed E-state index contributed by atoms with van der Waals surface area (Å²) in [5.74, 6) is 0. The van der Waals surface area contributed by atoms with E-state index < -0.39 is 0 Å². The molecule has 0 aliphatic carbocycles. The van der Waals surface area contributed by atoms with Crippen LogP contribution in [0.3, 0.4) is 0 Å². The number of allylic oxidation sites excluding steroid dienone is 2. The van der Waals surface area contributed by atoms with Gasteiger partial charge in [-0.2, -0.15) is 0 Å². The first kappa shape index (κ1) is 13.5. The summed E-state index contributed by atoms with van der Waals surface area (Å²) >= 11 is 0. The maximum absolute atomic E-state index is 12.0. The average molecular weight is 256 g/mol. The molecule has 0 saturated carbocycles. The molecule has 19 heavy (non-hydrogen) atoms. The summed E-state index contributed by atoms with van der Waals surface area (Å²) < 4.78 is 1.74. The van der Waals surface area contributed by atoms with Crippen LogP contribution in [0.15, 0.2) is 29.1 Å². The molecule has 2 heterocycles. The summed E-state index contributed by atoms with van der Waals surface area (Å²) in [6.45, 7) is 8.81. The van der Waals surface area contributed by atoms with E-state index >= 15 is 0 Å². The third-order valence-corrected chi connectivity index (χ3v) is 3.63. The van der Waals surface area contributed by atoms with Crippen molar-refractivity contribution in [3.05, 3.63) is 51.5 Å². The predicted molar refractivity (Wildman–Crippen MR) is 79.6 cm³/mol. The van der Waals surface area contributed by atoms with Crippen LogP contribution >= 0.6 is 0 Å². The fourth-order valence-electron chi connectivity index (χ4n) is 2.22. The standard InChI is InChI=1S/C16H20N2O/c1-5-6-7-10-18-15(19)9-8-14-12(3)11(2)13(4)17-16(14)18/h6-9H,5,10H2,1-4H3. The smallest absolute Gasteiger partial charge is 0.252 e. The lowest BCUT2D eigenvalue weighted by atomic mass is 10.1. The van der Waals surface area contributed by atoms with Crippen molar-refractivity contribution in [2.45, 2.75) is 40.7 Å². The fraction of sp³-hybridized carbons (Fsp3) is 0.375. The molecule has 100 valence electrons. The van der Waals surface area contributed by atoms with Crippen molar-refractivity contribution in [3.8, 4) is 0 Å². The van der Waals surface area contributed by atoms with E-state index in [9.17, 15) is 4.79 Å². The van der Waals surface area contributed by atoms with Crippen molar-refractivity contribution in [2.75, 3.05) is 0 Å². The predicted octanol–water partition coefficient (Wildman–Crippen LogP) is 3.29. The monoisotopic (exact) mass is 256 g/mol. The van der Waals surface area contributed by atoms with Crippen molar-refractivity contribution < 1.29 is 0 Å². The number of hydrogen-bond acceptors (Lipinski definition) is 2. The first-order valence-electron chi connectivity index (χ1n) is 6.68. The molecule has 0 atom stereocenters. The van der Waals surface area contributed by atoms with Crippen molar-refractivity contribution in [1.29, 1.82) is 0 Å². The molecule has 3 nitrogen and oxygen atoms in total. The Kier molecular flexibility index (Phi) is 3.84. The van der Waals surface area contributed by atoms with Gasteiger partial charge in [-0.15, -0.1) is 0 Å². The van der Waals surface area contributed by atoms with Crippen molar-refractivity contribution in [2.24, 2.45) is 0 Å². The minimum Gasteiger partial charge on any atom is -0.289 e. The molecular weight excluding hydrogens is 236 g/mol. The van der Waals surface area contributed by atoms with Crippen molar-refractivity contribution in [1.82, 2.24) is 9.55 Å². The topological polar surface area (TPSA) is 34.9 Å². The second-order valence-corrected chi connectivity index (χ2v) is 4.85. The Hall–Kier alpha value is -1.90. The van der Waals surface area contributed by atoms with Crippen LogP contribution in [0, 0.1) is 20.8 Å². The number of aromatic nitrogens is 2. The van der Waals surface area contributed by atoms with E-state index in [-0.39, 0.29) is 5.56 Å². The van der Waals surface area contributed by atoms with Gasteiger partial charge in [-0.1, -0.05) is 19.1 Å². The second-order valence-electron chi connectivity index (χ2n) is 4.85. The highest BCUT2D eigenvalue weighted by molar-refractivity contribution is 5.80. The van der Waals surface area contributed by atoms with Gasteiger partial charge in [0.2, 0.25) is 0 Å². The van der Waals surface area contributed by atoms with Crippen LogP contribution in [-0.4, -0.2) is 9.55 Å².